The molecule has 1 fully saturated rings. The number of carbonyl (C=O) groups is 2. The van der Waals surface area contributed by atoms with Crippen LogP contribution in [0.1, 0.15) is 36.5 Å². The first kappa shape index (κ1) is 15.1. The molecule has 4 nitrogen and oxygen atoms in total. The number of amides is 1. The lowest BCUT2D eigenvalue weighted by Gasteiger charge is -2.17. The third-order valence-electron chi connectivity index (χ3n) is 3.73. The average molecular weight is 316 g/mol. The number of hydrogen-bond donors (Lipinski definition) is 2. The van der Waals surface area contributed by atoms with Crippen molar-refractivity contribution in [2.24, 2.45) is 11.8 Å². The minimum absolute atomic E-state index is 0.0941. The molecule has 0 saturated heterocycles. The van der Waals surface area contributed by atoms with Gasteiger partial charge in [0.15, 0.2) is 0 Å². The van der Waals surface area contributed by atoms with E-state index in [0.29, 0.717) is 5.92 Å². The van der Waals surface area contributed by atoms with Crippen molar-refractivity contribution in [3.63, 3.8) is 0 Å². The van der Waals surface area contributed by atoms with Crippen LogP contribution in [-0.4, -0.2) is 17.0 Å². The summed E-state index contributed by atoms with van der Waals surface area (Å²) >= 11 is 11.8. The van der Waals surface area contributed by atoms with E-state index in [1.807, 2.05) is 6.92 Å². The molecule has 1 saturated carbocycles. The monoisotopic (exact) mass is 315 g/mol. The molecule has 0 radical (unpaired) electrons. The summed E-state index contributed by atoms with van der Waals surface area (Å²) in [6, 6.07) is 2.70. The van der Waals surface area contributed by atoms with Gasteiger partial charge in [-0.1, -0.05) is 36.5 Å². The fourth-order valence-corrected chi connectivity index (χ4v) is 3.16. The summed E-state index contributed by atoms with van der Waals surface area (Å²) in [6.07, 6.45) is 2.85. The van der Waals surface area contributed by atoms with Gasteiger partial charge < -0.3 is 10.4 Å². The van der Waals surface area contributed by atoms with Crippen LogP contribution in [-0.2, 0) is 4.79 Å². The van der Waals surface area contributed by atoms with E-state index in [4.69, 9.17) is 23.2 Å². The van der Waals surface area contributed by atoms with Gasteiger partial charge in [-0.3, -0.25) is 4.79 Å². The Morgan fingerprint density at radius 1 is 1.30 bits per heavy atom. The van der Waals surface area contributed by atoms with Crippen LogP contribution in [0, 0.1) is 11.8 Å². The predicted octanol–water partition coefficient (Wildman–Crippen LogP) is 4.07. The molecule has 1 aliphatic rings. The lowest BCUT2D eigenvalue weighted by Crippen LogP contribution is -2.25. The van der Waals surface area contributed by atoms with Crippen LogP contribution < -0.4 is 5.32 Å². The minimum Gasteiger partial charge on any atom is -0.478 e. The summed E-state index contributed by atoms with van der Waals surface area (Å²) in [5, 5.41) is 12.2. The Bertz CT molecular complexity index is 560. The van der Waals surface area contributed by atoms with E-state index in [0.717, 1.165) is 19.3 Å². The predicted molar refractivity (Wildman–Crippen MR) is 78.6 cm³/mol. The molecule has 0 bridgehead atoms. The number of carbonyl (C=O) groups excluding carboxylic acids is 1. The first-order chi connectivity index (χ1) is 9.40. The highest BCUT2D eigenvalue weighted by molar-refractivity contribution is 6.37. The van der Waals surface area contributed by atoms with Gasteiger partial charge in [-0.15, -0.1) is 0 Å². The summed E-state index contributed by atoms with van der Waals surface area (Å²) in [5.41, 5.74) is 0.0224. The van der Waals surface area contributed by atoms with Crippen molar-refractivity contribution in [2.45, 2.75) is 26.2 Å². The fourth-order valence-electron chi connectivity index (χ4n) is 2.62. The summed E-state index contributed by atoms with van der Waals surface area (Å²) < 4.78 is 0. The molecule has 2 atom stereocenters. The fraction of sp³-hybridized carbons (Fsp3) is 0.429. The Balaban J connectivity index is 2.29. The van der Waals surface area contributed by atoms with Gasteiger partial charge in [0, 0.05) is 10.9 Å². The second-order valence-corrected chi connectivity index (χ2v) is 5.96. The third kappa shape index (κ3) is 3.07. The zero-order valence-corrected chi connectivity index (χ0v) is 12.5. The van der Waals surface area contributed by atoms with E-state index in [1.54, 1.807) is 0 Å². The van der Waals surface area contributed by atoms with Crippen molar-refractivity contribution in [1.82, 2.24) is 0 Å². The third-order valence-corrected chi connectivity index (χ3v) is 4.25. The Kier molecular flexibility index (Phi) is 4.55. The number of halogens is 2. The molecule has 1 aliphatic carbocycles. The highest BCUT2D eigenvalue weighted by Gasteiger charge is 2.30. The number of rotatable bonds is 3. The molecule has 2 unspecified atom stereocenters. The van der Waals surface area contributed by atoms with Crippen molar-refractivity contribution < 1.29 is 14.7 Å². The highest BCUT2D eigenvalue weighted by Crippen LogP contribution is 2.35. The molecule has 0 aromatic heterocycles. The zero-order valence-electron chi connectivity index (χ0n) is 11.0. The number of hydrogen-bond acceptors (Lipinski definition) is 2. The standard InChI is InChI=1S/C14H15Cl2NO3/c1-7-3-2-4-9(7)13(18)17-12-10(14(19)20)5-8(15)6-11(12)16/h5-7,9H,2-4H2,1H3,(H,17,18)(H,19,20). The van der Waals surface area contributed by atoms with Crippen molar-refractivity contribution in [2.75, 3.05) is 5.32 Å². The van der Waals surface area contributed by atoms with Gasteiger partial charge >= 0.3 is 5.97 Å². The molecule has 0 aliphatic heterocycles. The molecule has 0 heterocycles. The van der Waals surface area contributed by atoms with E-state index in [2.05, 4.69) is 5.32 Å². The van der Waals surface area contributed by atoms with E-state index in [-0.39, 0.29) is 33.1 Å². The van der Waals surface area contributed by atoms with Crippen LogP contribution in [0.2, 0.25) is 10.0 Å². The van der Waals surface area contributed by atoms with Crippen LogP contribution in [0.4, 0.5) is 5.69 Å². The molecular formula is C14H15Cl2NO3. The van der Waals surface area contributed by atoms with Gasteiger partial charge in [0.05, 0.1) is 16.3 Å². The maximum Gasteiger partial charge on any atom is 0.337 e. The van der Waals surface area contributed by atoms with E-state index in [9.17, 15) is 14.7 Å². The highest BCUT2D eigenvalue weighted by atomic mass is 35.5. The number of benzene rings is 1. The van der Waals surface area contributed by atoms with E-state index >= 15 is 0 Å². The molecule has 6 heteroatoms. The van der Waals surface area contributed by atoms with Crippen molar-refractivity contribution in [3.05, 3.63) is 27.7 Å². The number of carboxylic acid groups (broad SMARTS) is 1. The first-order valence-electron chi connectivity index (χ1n) is 6.43. The SMILES string of the molecule is CC1CCCC1C(=O)Nc1c(Cl)cc(Cl)cc1C(=O)O. The maximum absolute atomic E-state index is 12.2. The molecule has 1 aromatic carbocycles. The Labute approximate surface area is 127 Å². The van der Waals surface area contributed by atoms with Crippen molar-refractivity contribution in [3.8, 4) is 0 Å². The molecule has 108 valence electrons. The quantitative estimate of drug-likeness (QED) is 0.883. The second-order valence-electron chi connectivity index (χ2n) is 5.12. The van der Waals surface area contributed by atoms with E-state index in [1.165, 1.54) is 12.1 Å². The smallest absolute Gasteiger partial charge is 0.337 e. The largest absolute Gasteiger partial charge is 0.478 e. The molecule has 2 rings (SSSR count). The molecule has 2 N–H and O–H groups in total. The van der Waals surface area contributed by atoms with Crippen LogP contribution >= 0.6 is 23.2 Å². The van der Waals surface area contributed by atoms with Crippen molar-refractivity contribution in [1.29, 1.82) is 0 Å². The number of nitrogens with one attached hydrogen (secondary N) is 1. The van der Waals surface area contributed by atoms with Crippen LogP contribution in [0.5, 0.6) is 0 Å². The van der Waals surface area contributed by atoms with Crippen LogP contribution in [0.25, 0.3) is 0 Å². The van der Waals surface area contributed by atoms with Gasteiger partial charge in [0.1, 0.15) is 0 Å². The average Bonchev–Trinajstić information content (AvgIpc) is 2.78. The minimum atomic E-state index is -1.18. The molecule has 0 spiro atoms. The van der Waals surface area contributed by atoms with Gasteiger partial charge in [0.25, 0.3) is 0 Å². The summed E-state index contributed by atoms with van der Waals surface area (Å²) in [6.45, 7) is 2.03. The first-order valence-corrected chi connectivity index (χ1v) is 7.19. The summed E-state index contributed by atoms with van der Waals surface area (Å²) in [5.74, 6) is -1.15. The molecular weight excluding hydrogens is 301 g/mol. The zero-order chi connectivity index (χ0) is 14.9. The van der Waals surface area contributed by atoms with Crippen LogP contribution in [0.3, 0.4) is 0 Å². The Hall–Kier alpha value is -1.26. The van der Waals surface area contributed by atoms with Gasteiger partial charge in [0.2, 0.25) is 5.91 Å². The molecule has 1 aromatic rings. The Morgan fingerprint density at radius 2 is 2.00 bits per heavy atom. The van der Waals surface area contributed by atoms with E-state index < -0.39 is 5.97 Å². The molecule has 1 amide bonds. The van der Waals surface area contributed by atoms with Crippen LogP contribution in [0.15, 0.2) is 12.1 Å². The number of carboxylic acids is 1. The topological polar surface area (TPSA) is 66.4 Å². The summed E-state index contributed by atoms with van der Waals surface area (Å²) in [4.78, 5) is 23.5. The van der Waals surface area contributed by atoms with Gasteiger partial charge in [-0.05, 0) is 30.9 Å². The normalized spacial score (nSPS) is 21.8. The van der Waals surface area contributed by atoms with Crippen molar-refractivity contribution >= 4 is 40.8 Å². The Morgan fingerprint density at radius 3 is 2.55 bits per heavy atom. The lowest BCUT2D eigenvalue weighted by atomic mass is 9.97. The maximum atomic E-state index is 12.2. The van der Waals surface area contributed by atoms with Gasteiger partial charge in [-0.2, -0.15) is 0 Å². The number of aromatic carboxylic acids is 1. The second kappa shape index (κ2) is 6.02. The van der Waals surface area contributed by atoms with Gasteiger partial charge in [-0.25, -0.2) is 4.79 Å². The molecule has 20 heavy (non-hydrogen) atoms. The summed E-state index contributed by atoms with van der Waals surface area (Å²) in [7, 11) is 0. The number of anilines is 1. The lowest BCUT2D eigenvalue weighted by molar-refractivity contribution is -0.120.